The topological polar surface area (TPSA) is 99.8 Å². The van der Waals surface area contributed by atoms with Gasteiger partial charge in [0.15, 0.2) is 0 Å². The van der Waals surface area contributed by atoms with Crippen LogP contribution in [0.2, 0.25) is 0 Å². The molecule has 2 N–H and O–H groups in total. The van der Waals surface area contributed by atoms with Crippen LogP contribution in [0.1, 0.15) is 41.6 Å². The highest BCUT2D eigenvalue weighted by molar-refractivity contribution is 6.04. The number of carbonyl (C=O) groups excluding carboxylic acids is 2. The van der Waals surface area contributed by atoms with E-state index < -0.39 is 18.0 Å². The summed E-state index contributed by atoms with van der Waals surface area (Å²) in [6.07, 6.45) is 1.37. The molecule has 0 saturated carbocycles. The van der Waals surface area contributed by atoms with Crippen molar-refractivity contribution in [3.05, 3.63) is 23.2 Å². The number of hydrogen-bond acceptors (Lipinski definition) is 4. The van der Waals surface area contributed by atoms with Crippen LogP contribution < -0.4 is 5.32 Å². The predicted molar refractivity (Wildman–Crippen MR) is 68.2 cm³/mol. The monoisotopic (exact) mass is 280 g/mol. The van der Waals surface area contributed by atoms with Crippen molar-refractivity contribution in [3.63, 3.8) is 0 Å². The summed E-state index contributed by atoms with van der Waals surface area (Å²) < 4.78 is 5.28. The van der Waals surface area contributed by atoms with E-state index in [2.05, 4.69) is 5.32 Å². The number of furan rings is 1. The average molecular weight is 280 g/mol. The molecule has 1 unspecified atom stereocenters. The number of aryl methyl sites for hydroxylation is 1. The zero-order valence-electron chi connectivity index (χ0n) is 11.3. The van der Waals surface area contributed by atoms with Gasteiger partial charge in [-0.1, -0.05) is 13.3 Å². The number of amides is 3. The molecular formula is C13H16N2O5. The summed E-state index contributed by atoms with van der Waals surface area (Å²) in [6.45, 7) is 3.40. The van der Waals surface area contributed by atoms with Gasteiger partial charge in [-0.2, -0.15) is 0 Å². The standard InChI is InChI=1S/C13H16N2O5/c1-3-4-10-11(16)15(13(19)14-10)6-8-5-9(12(17)18)7(2)20-8/h5,10H,3-4,6H2,1-2H3,(H,14,19)(H,17,18). The zero-order valence-corrected chi connectivity index (χ0v) is 11.3. The quantitative estimate of drug-likeness (QED) is 0.796. The molecule has 1 atom stereocenters. The van der Waals surface area contributed by atoms with Crippen LogP contribution in [0.5, 0.6) is 0 Å². The molecule has 0 aromatic carbocycles. The molecule has 108 valence electrons. The molecule has 1 saturated heterocycles. The number of carboxylic acids is 1. The highest BCUT2D eigenvalue weighted by Gasteiger charge is 2.37. The first-order chi connectivity index (χ1) is 9.43. The van der Waals surface area contributed by atoms with Gasteiger partial charge < -0.3 is 14.8 Å². The molecule has 20 heavy (non-hydrogen) atoms. The molecule has 1 aliphatic rings. The number of hydrogen-bond donors (Lipinski definition) is 2. The smallest absolute Gasteiger partial charge is 0.339 e. The van der Waals surface area contributed by atoms with Gasteiger partial charge in [-0.05, 0) is 19.4 Å². The van der Waals surface area contributed by atoms with Crippen molar-refractivity contribution < 1.29 is 23.9 Å². The molecule has 3 amide bonds. The maximum Gasteiger partial charge on any atom is 0.339 e. The molecule has 7 nitrogen and oxygen atoms in total. The summed E-state index contributed by atoms with van der Waals surface area (Å²) in [6, 6.07) is 0.368. The van der Waals surface area contributed by atoms with E-state index in [1.807, 2.05) is 6.92 Å². The SMILES string of the molecule is CCCC1NC(=O)N(Cc2cc(C(=O)O)c(C)o2)C1=O. The Kier molecular flexibility index (Phi) is 3.78. The Morgan fingerprint density at radius 3 is 2.75 bits per heavy atom. The molecule has 7 heteroatoms. The second kappa shape index (κ2) is 5.36. The molecule has 2 rings (SSSR count). The summed E-state index contributed by atoms with van der Waals surface area (Å²) in [4.78, 5) is 35.7. The fourth-order valence-electron chi connectivity index (χ4n) is 2.20. The van der Waals surface area contributed by atoms with E-state index in [1.54, 1.807) is 0 Å². The second-order valence-corrected chi connectivity index (χ2v) is 4.70. The van der Waals surface area contributed by atoms with Crippen molar-refractivity contribution in [3.8, 4) is 0 Å². The van der Waals surface area contributed by atoms with Gasteiger partial charge in [-0.3, -0.25) is 9.69 Å². The summed E-state index contributed by atoms with van der Waals surface area (Å²) in [7, 11) is 0. The number of aromatic carboxylic acids is 1. The largest absolute Gasteiger partial charge is 0.478 e. The molecule has 1 fully saturated rings. The maximum absolute atomic E-state index is 12.0. The van der Waals surface area contributed by atoms with E-state index in [0.717, 1.165) is 11.3 Å². The third-order valence-electron chi connectivity index (χ3n) is 3.20. The predicted octanol–water partition coefficient (Wildman–Crippen LogP) is 1.51. The Morgan fingerprint density at radius 1 is 1.50 bits per heavy atom. The minimum atomic E-state index is -1.10. The minimum Gasteiger partial charge on any atom is -0.478 e. The Hall–Kier alpha value is -2.31. The number of carboxylic acid groups (broad SMARTS) is 1. The van der Waals surface area contributed by atoms with Crippen LogP contribution in [-0.4, -0.2) is 34.0 Å². The fraction of sp³-hybridized carbons (Fsp3) is 0.462. The lowest BCUT2D eigenvalue weighted by molar-refractivity contribution is -0.128. The van der Waals surface area contributed by atoms with Gasteiger partial charge in [0.1, 0.15) is 23.1 Å². The van der Waals surface area contributed by atoms with Crippen molar-refractivity contribution in [2.45, 2.75) is 39.3 Å². The van der Waals surface area contributed by atoms with E-state index in [9.17, 15) is 14.4 Å². The number of carbonyl (C=O) groups is 3. The van der Waals surface area contributed by atoms with E-state index in [4.69, 9.17) is 9.52 Å². The van der Waals surface area contributed by atoms with Gasteiger partial charge in [0, 0.05) is 0 Å². The van der Waals surface area contributed by atoms with Crippen LogP contribution in [0.15, 0.2) is 10.5 Å². The highest BCUT2D eigenvalue weighted by Crippen LogP contribution is 2.19. The fourth-order valence-corrected chi connectivity index (χ4v) is 2.20. The van der Waals surface area contributed by atoms with Crippen molar-refractivity contribution in [2.24, 2.45) is 0 Å². The lowest BCUT2D eigenvalue weighted by Gasteiger charge is -2.10. The molecular weight excluding hydrogens is 264 g/mol. The Labute approximate surface area is 115 Å². The van der Waals surface area contributed by atoms with Crippen molar-refractivity contribution >= 4 is 17.9 Å². The van der Waals surface area contributed by atoms with Gasteiger partial charge in [-0.15, -0.1) is 0 Å². The van der Waals surface area contributed by atoms with Gasteiger partial charge in [0.25, 0.3) is 5.91 Å². The molecule has 0 aliphatic carbocycles. The molecule has 1 aromatic rings. The van der Waals surface area contributed by atoms with Crippen LogP contribution in [0.3, 0.4) is 0 Å². The van der Waals surface area contributed by atoms with Gasteiger partial charge in [0.2, 0.25) is 0 Å². The third-order valence-corrected chi connectivity index (χ3v) is 3.20. The second-order valence-electron chi connectivity index (χ2n) is 4.70. The molecule has 0 spiro atoms. The molecule has 0 radical (unpaired) electrons. The first kappa shape index (κ1) is 14.1. The molecule has 2 heterocycles. The number of imide groups is 1. The Balaban J connectivity index is 2.14. The molecule has 1 aromatic heterocycles. The van der Waals surface area contributed by atoms with Crippen molar-refractivity contribution in [1.29, 1.82) is 0 Å². The van der Waals surface area contributed by atoms with Crippen molar-refractivity contribution in [2.75, 3.05) is 0 Å². The van der Waals surface area contributed by atoms with Crippen LogP contribution in [0, 0.1) is 6.92 Å². The minimum absolute atomic E-state index is 0.0390. The summed E-state index contributed by atoms with van der Waals surface area (Å²) in [5, 5.41) is 11.5. The summed E-state index contributed by atoms with van der Waals surface area (Å²) in [5.41, 5.74) is 0.0390. The zero-order chi connectivity index (χ0) is 14.9. The van der Waals surface area contributed by atoms with E-state index in [0.29, 0.717) is 6.42 Å². The summed E-state index contributed by atoms with van der Waals surface area (Å²) >= 11 is 0. The van der Waals surface area contributed by atoms with Crippen molar-refractivity contribution in [1.82, 2.24) is 10.2 Å². The first-order valence-corrected chi connectivity index (χ1v) is 6.38. The van der Waals surface area contributed by atoms with E-state index in [1.165, 1.54) is 13.0 Å². The van der Waals surface area contributed by atoms with Gasteiger partial charge >= 0.3 is 12.0 Å². The number of nitrogens with zero attached hydrogens (tertiary/aromatic N) is 1. The lowest BCUT2D eigenvalue weighted by Crippen LogP contribution is -2.30. The molecule has 0 bridgehead atoms. The number of urea groups is 1. The van der Waals surface area contributed by atoms with Crippen LogP contribution >= 0.6 is 0 Å². The van der Waals surface area contributed by atoms with Gasteiger partial charge in [-0.25, -0.2) is 9.59 Å². The number of nitrogens with one attached hydrogen (secondary N) is 1. The Bertz CT molecular complexity index is 563. The van der Waals surface area contributed by atoms with E-state index >= 15 is 0 Å². The number of rotatable bonds is 5. The highest BCUT2D eigenvalue weighted by atomic mass is 16.4. The Morgan fingerprint density at radius 2 is 2.20 bits per heavy atom. The van der Waals surface area contributed by atoms with Crippen LogP contribution in [0.25, 0.3) is 0 Å². The van der Waals surface area contributed by atoms with Gasteiger partial charge in [0.05, 0.1) is 6.54 Å². The van der Waals surface area contributed by atoms with E-state index in [-0.39, 0.29) is 29.5 Å². The maximum atomic E-state index is 12.0. The van der Waals surface area contributed by atoms with Crippen LogP contribution in [0.4, 0.5) is 4.79 Å². The first-order valence-electron chi connectivity index (χ1n) is 6.38. The lowest BCUT2D eigenvalue weighted by atomic mass is 10.1. The third kappa shape index (κ3) is 2.52. The summed E-state index contributed by atoms with van der Waals surface area (Å²) in [5.74, 6) is -0.869. The van der Waals surface area contributed by atoms with Crippen LogP contribution in [-0.2, 0) is 11.3 Å². The normalized spacial score (nSPS) is 18.5. The molecule has 1 aliphatic heterocycles. The average Bonchev–Trinajstić information content (AvgIpc) is 2.86.